The Morgan fingerprint density at radius 3 is 2.56 bits per heavy atom. The van der Waals surface area contributed by atoms with E-state index in [2.05, 4.69) is 10.6 Å². The predicted molar refractivity (Wildman–Crippen MR) is 98.8 cm³/mol. The minimum Gasteiger partial charge on any atom is -0.496 e. The molecule has 1 amide bonds. The molecule has 0 aliphatic carbocycles. The van der Waals surface area contributed by atoms with Crippen molar-refractivity contribution in [3.05, 3.63) is 58.4 Å². The topological polar surface area (TPSA) is 50.4 Å². The van der Waals surface area contributed by atoms with Gasteiger partial charge in [0.05, 0.1) is 18.2 Å². The van der Waals surface area contributed by atoms with Crippen molar-refractivity contribution in [1.29, 1.82) is 0 Å². The van der Waals surface area contributed by atoms with Gasteiger partial charge >= 0.3 is 0 Å². The molecule has 0 fully saturated rings. The van der Waals surface area contributed by atoms with Crippen LogP contribution in [0.3, 0.4) is 0 Å². The third-order valence-corrected chi connectivity index (χ3v) is 4.22. The molecule has 2 atom stereocenters. The van der Waals surface area contributed by atoms with Crippen molar-refractivity contribution >= 4 is 23.2 Å². The zero-order chi connectivity index (χ0) is 18.6. The second kappa shape index (κ2) is 8.32. The molecule has 0 bridgehead atoms. The summed E-state index contributed by atoms with van der Waals surface area (Å²) >= 11 is 5.73. The Labute approximate surface area is 152 Å². The van der Waals surface area contributed by atoms with Gasteiger partial charge in [0.25, 0.3) is 0 Å². The van der Waals surface area contributed by atoms with Crippen LogP contribution in [-0.2, 0) is 4.79 Å². The molecule has 0 aromatic heterocycles. The number of aryl methyl sites for hydroxylation is 1. The molecule has 2 rings (SSSR count). The standard InChI is InChI=1S/C19H22ClFN2O2/c1-11-5-8-18(25-4)15(9-11)12(2)22-13(3)19(24)23-14-6-7-17(21)16(20)10-14/h5-10,12-13,22H,1-4H3,(H,23,24). The van der Waals surface area contributed by atoms with E-state index in [0.29, 0.717) is 5.69 Å². The number of anilines is 1. The van der Waals surface area contributed by atoms with E-state index in [4.69, 9.17) is 16.3 Å². The molecule has 0 radical (unpaired) electrons. The van der Waals surface area contributed by atoms with E-state index in [1.165, 1.54) is 18.2 Å². The van der Waals surface area contributed by atoms with Crippen LogP contribution in [0.4, 0.5) is 10.1 Å². The highest BCUT2D eigenvalue weighted by molar-refractivity contribution is 6.31. The van der Waals surface area contributed by atoms with Gasteiger partial charge in [-0.2, -0.15) is 0 Å². The number of carbonyl (C=O) groups is 1. The molecular formula is C19H22ClFN2O2. The van der Waals surface area contributed by atoms with E-state index in [1.54, 1.807) is 14.0 Å². The molecule has 0 heterocycles. The molecule has 0 saturated carbocycles. The SMILES string of the molecule is COc1ccc(C)cc1C(C)NC(C)C(=O)Nc1ccc(F)c(Cl)c1. The lowest BCUT2D eigenvalue weighted by Gasteiger charge is -2.22. The lowest BCUT2D eigenvalue weighted by atomic mass is 10.0. The average Bonchev–Trinajstić information content (AvgIpc) is 2.58. The van der Waals surface area contributed by atoms with Crippen LogP contribution in [0.2, 0.25) is 5.02 Å². The van der Waals surface area contributed by atoms with Gasteiger partial charge in [0.15, 0.2) is 0 Å². The Morgan fingerprint density at radius 1 is 1.20 bits per heavy atom. The maximum atomic E-state index is 13.2. The number of methoxy groups -OCH3 is 1. The van der Waals surface area contributed by atoms with Crippen LogP contribution in [0.25, 0.3) is 0 Å². The molecule has 0 spiro atoms. The Bertz CT molecular complexity index is 767. The summed E-state index contributed by atoms with van der Waals surface area (Å²) in [5.74, 6) is 0.00988. The van der Waals surface area contributed by atoms with Gasteiger partial charge < -0.3 is 10.1 Å². The highest BCUT2D eigenvalue weighted by atomic mass is 35.5. The van der Waals surface area contributed by atoms with Crippen molar-refractivity contribution in [3.8, 4) is 5.75 Å². The van der Waals surface area contributed by atoms with E-state index in [0.717, 1.165) is 16.9 Å². The van der Waals surface area contributed by atoms with Gasteiger partial charge in [-0.15, -0.1) is 0 Å². The zero-order valence-electron chi connectivity index (χ0n) is 14.7. The van der Waals surface area contributed by atoms with Gasteiger partial charge in [-0.1, -0.05) is 29.3 Å². The number of ether oxygens (including phenoxy) is 1. The van der Waals surface area contributed by atoms with E-state index in [1.807, 2.05) is 32.0 Å². The molecule has 2 unspecified atom stereocenters. The first-order valence-corrected chi connectivity index (χ1v) is 8.36. The molecule has 4 nitrogen and oxygen atoms in total. The van der Waals surface area contributed by atoms with Crippen LogP contribution < -0.4 is 15.4 Å². The normalized spacial score (nSPS) is 13.2. The number of benzene rings is 2. The minimum atomic E-state index is -0.522. The fraction of sp³-hybridized carbons (Fsp3) is 0.316. The van der Waals surface area contributed by atoms with Crippen LogP contribution in [0.5, 0.6) is 5.75 Å². The summed E-state index contributed by atoms with van der Waals surface area (Å²) in [5, 5.41) is 5.94. The van der Waals surface area contributed by atoms with Gasteiger partial charge in [-0.05, 0) is 45.0 Å². The molecule has 134 valence electrons. The Hall–Kier alpha value is -2.11. The molecule has 0 aliphatic rings. The first kappa shape index (κ1) is 19.2. The number of carbonyl (C=O) groups excluding carboxylic acids is 1. The van der Waals surface area contributed by atoms with Crippen LogP contribution in [0.15, 0.2) is 36.4 Å². The molecular weight excluding hydrogens is 343 g/mol. The van der Waals surface area contributed by atoms with Crippen molar-refractivity contribution in [2.24, 2.45) is 0 Å². The summed E-state index contributed by atoms with van der Waals surface area (Å²) in [5.41, 5.74) is 2.54. The molecule has 0 aliphatic heterocycles. The maximum Gasteiger partial charge on any atom is 0.241 e. The zero-order valence-corrected chi connectivity index (χ0v) is 15.4. The summed E-state index contributed by atoms with van der Waals surface area (Å²) in [7, 11) is 1.62. The molecule has 2 N–H and O–H groups in total. The fourth-order valence-corrected chi connectivity index (χ4v) is 2.74. The highest BCUT2D eigenvalue weighted by Gasteiger charge is 2.19. The Kier molecular flexibility index (Phi) is 6.39. The van der Waals surface area contributed by atoms with Crippen molar-refractivity contribution in [2.45, 2.75) is 32.9 Å². The number of halogens is 2. The smallest absolute Gasteiger partial charge is 0.241 e. The van der Waals surface area contributed by atoms with Crippen molar-refractivity contribution < 1.29 is 13.9 Å². The first-order chi connectivity index (χ1) is 11.8. The summed E-state index contributed by atoms with van der Waals surface area (Å²) < 4.78 is 18.6. The largest absolute Gasteiger partial charge is 0.496 e. The van der Waals surface area contributed by atoms with Gasteiger partial charge in [0.1, 0.15) is 11.6 Å². The third-order valence-electron chi connectivity index (χ3n) is 3.93. The monoisotopic (exact) mass is 364 g/mol. The van der Waals surface area contributed by atoms with Crippen LogP contribution in [0.1, 0.15) is 31.0 Å². The van der Waals surface area contributed by atoms with Gasteiger partial charge in [-0.3, -0.25) is 10.1 Å². The summed E-state index contributed by atoms with van der Waals surface area (Å²) in [6.45, 7) is 5.74. The van der Waals surface area contributed by atoms with Crippen molar-refractivity contribution in [2.75, 3.05) is 12.4 Å². The maximum absolute atomic E-state index is 13.2. The number of hydrogen-bond acceptors (Lipinski definition) is 3. The van der Waals surface area contributed by atoms with Crippen molar-refractivity contribution in [3.63, 3.8) is 0 Å². The summed E-state index contributed by atoms with van der Waals surface area (Å²) in [6, 6.07) is 9.43. The summed E-state index contributed by atoms with van der Waals surface area (Å²) in [4.78, 5) is 12.4. The lowest BCUT2D eigenvalue weighted by Crippen LogP contribution is -2.39. The fourth-order valence-electron chi connectivity index (χ4n) is 2.56. The molecule has 0 saturated heterocycles. The Morgan fingerprint density at radius 2 is 1.92 bits per heavy atom. The Balaban J connectivity index is 2.05. The van der Waals surface area contributed by atoms with Crippen molar-refractivity contribution in [1.82, 2.24) is 5.32 Å². The highest BCUT2D eigenvalue weighted by Crippen LogP contribution is 2.26. The second-order valence-corrected chi connectivity index (χ2v) is 6.38. The van der Waals surface area contributed by atoms with E-state index in [9.17, 15) is 9.18 Å². The minimum absolute atomic E-state index is 0.0312. The number of rotatable bonds is 6. The van der Waals surface area contributed by atoms with Crippen LogP contribution in [-0.4, -0.2) is 19.1 Å². The predicted octanol–water partition coefficient (Wildman–Crippen LogP) is 4.47. The number of nitrogens with one attached hydrogen (secondary N) is 2. The second-order valence-electron chi connectivity index (χ2n) is 5.97. The van der Waals surface area contributed by atoms with Crippen LogP contribution >= 0.6 is 11.6 Å². The van der Waals surface area contributed by atoms with Gasteiger partial charge in [0, 0.05) is 17.3 Å². The quantitative estimate of drug-likeness (QED) is 0.794. The third kappa shape index (κ3) is 4.94. The first-order valence-electron chi connectivity index (χ1n) is 7.98. The average molecular weight is 365 g/mol. The van der Waals surface area contributed by atoms with E-state index in [-0.39, 0.29) is 17.0 Å². The number of amides is 1. The van der Waals surface area contributed by atoms with E-state index >= 15 is 0 Å². The van der Waals surface area contributed by atoms with E-state index < -0.39 is 11.9 Å². The van der Waals surface area contributed by atoms with Crippen LogP contribution in [0, 0.1) is 12.7 Å². The summed E-state index contributed by atoms with van der Waals surface area (Å²) in [6.07, 6.45) is 0. The molecule has 2 aromatic rings. The number of hydrogen-bond donors (Lipinski definition) is 2. The lowest BCUT2D eigenvalue weighted by molar-refractivity contribution is -0.117. The van der Waals surface area contributed by atoms with Gasteiger partial charge in [0.2, 0.25) is 5.91 Å². The molecule has 6 heteroatoms. The molecule has 25 heavy (non-hydrogen) atoms. The molecule has 2 aromatic carbocycles. The van der Waals surface area contributed by atoms with Gasteiger partial charge in [-0.25, -0.2) is 4.39 Å².